The Morgan fingerprint density at radius 2 is 1.58 bits per heavy atom. The van der Waals surface area contributed by atoms with Gasteiger partial charge in [0.05, 0.1) is 6.04 Å². The van der Waals surface area contributed by atoms with E-state index in [2.05, 4.69) is 56.4 Å². The molecule has 4 nitrogen and oxygen atoms in total. The molecule has 0 radical (unpaired) electrons. The van der Waals surface area contributed by atoms with Gasteiger partial charge in [0.25, 0.3) is 0 Å². The van der Waals surface area contributed by atoms with Gasteiger partial charge in [0, 0.05) is 42.7 Å². The monoisotopic (exact) mass is 516 g/mol. The lowest BCUT2D eigenvalue weighted by atomic mass is 9.80. The molecular weight excluding hydrogens is 482 g/mol. The minimum atomic E-state index is -2.65. The maximum atomic E-state index is 13.6. The Bertz CT molecular complexity index is 1490. The molecule has 3 aromatic carbocycles. The molecule has 2 aliphatic rings. The summed E-state index contributed by atoms with van der Waals surface area (Å²) >= 11 is 0. The molecule has 0 unspecified atom stereocenters. The van der Waals surface area contributed by atoms with Crippen molar-refractivity contribution in [2.75, 3.05) is 0 Å². The summed E-state index contributed by atoms with van der Waals surface area (Å²) in [5.74, 6) is -3.13. The van der Waals surface area contributed by atoms with Crippen LogP contribution in [-0.4, -0.2) is 29.4 Å². The van der Waals surface area contributed by atoms with Crippen LogP contribution < -0.4 is 5.32 Å². The quantitative estimate of drug-likeness (QED) is 0.279. The van der Waals surface area contributed by atoms with Crippen LogP contribution in [0.1, 0.15) is 75.7 Å². The van der Waals surface area contributed by atoms with E-state index in [0.29, 0.717) is 12.0 Å². The van der Waals surface area contributed by atoms with Gasteiger partial charge in [0.1, 0.15) is 0 Å². The summed E-state index contributed by atoms with van der Waals surface area (Å²) in [7, 11) is 0. The van der Waals surface area contributed by atoms with Crippen LogP contribution in [0.15, 0.2) is 59.7 Å². The summed E-state index contributed by atoms with van der Waals surface area (Å²) in [6.45, 7) is 7.76. The van der Waals surface area contributed by atoms with E-state index in [1.165, 1.54) is 0 Å². The summed E-state index contributed by atoms with van der Waals surface area (Å²) < 4.78 is 27.2. The zero-order valence-electron chi connectivity index (χ0n) is 22.4. The molecule has 0 aromatic heterocycles. The number of hydrogen-bond donors (Lipinski definition) is 1. The lowest BCUT2D eigenvalue weighted by Gasteiger charge is -2.34. The number of nitrogens with one attached hydrogen (secondary N) is 1. The van der Waals surface area contributed by atoms with Gasteiger partial charge < -0.3 is 5.32 Å². The van der Waals surface area contributed by atoms with Gasteiger partial charge in [-0.15, -0.1) is 0 Å². The van der Waals surface area contributed by atoms with E-state index < -0.39 is 5.92 Å². The summed E-state index contributed by atoms with van der Waals surface area (Å²) in [6.07, 6.45) is 2.47. The lowest BCUT2D eigenvalue weighted by molar-refractivity contribution is -0.130. The van der Waals surface area contributed by atoms with E-state index >= 15 is 0 Å². The predicted molar refractivity (Wildman–Crippen MR) is 150 cm³/mol. The SMILES string of the molecule is CC(=O)c1ccc2cc3cc(C4=CN=C([C@@H](NC(=O)C5CCC(F)(F)CC5)C(C)(C)C)C4)ccc3cc2c1. The number of ketones is 1. The van der Waals surface area contributed by atoms with Crippen LogP contribution in [0.25, 0.3) is 27.1 Å². The van der Waals surface area contributed by atoms with E-state index in [4.69, 9.17) is 4.99 Å². The van der Waals surface area contributed by atoms with E-state index in [9.17, 15) is 18.4 Å². The highest BCUT2D eigenvalue weighted by atomic mass is 19.3. The van der Waals surface area contributed by atoms with Gasteiger partial charge in [-0.1, -0.05) is 45.0 Å². The third kappa shape index (κ3) is 5.40. The number of amides is 1. The molecule has 1 aliphatic heterocycles. The Labute approximate surface area is 222 Å². The number of aliphatic imine (C=N–C) groups is 1. The molecule has 3 aromatic rings. The molecule has 1 aliphatic carbocycles. The second-order valence-corrected chi connectivity index (χ2v) is 11.9. The minimum Gasteiger partial charge on any atom is -0.347 e. The molecule has 5 rings (SSSR count). The highest BCUT2D eigenvalue weighted by Gasteiger charge is 2.39. The zero-order chi connectivity index (χ0) is 27.2. The fourth-order valence-electron chi connectivity index (χ4n) is 5.58. The first-order valence-corrected chi connectivity index (χ1v) is 13.3. The Balaban J connectivity index is 1.33. The van der Waals surface area contributed by atoms with Crippen LogP contribution in [-0.2, 0) is 4.79 Å². The summed E-state index contributed by atoms with van der Waals surface area (Å²) in [5.41, 5.74) is 3.46. The maximum absolute atomic E-state index is 13.6. The molecule has 6 heteroatoms. The van der Waals surface area contributed by atoms with Crippen molar-refractivity contribution in [3.63, 3.8) is 0 Å². The number of hydrogen-bond acceptors (Lipinski definition) is 3. The first-order valence-electron chi connectivity index (χ1n) is 13.3. The number of nitrogens with zero attached hydrogens (tertiary/aromatic N) is 1. The number of carbonyl (C=O) groups excluding carboxylic acids is 2. The van der Waals surface area contributed by atoms with Gasteiger partial charge in [-0.05, 0) is 82.1 Å². The normalized spacial score (nSPS) is 18.8. The Kier molecular flexibility index (Phi) is 6.70. The number of rotatable bonds is 5. The highest BCUT2D eigenvalue weighted by molar-refractivity contribution is 6.06. The van der Waals surface area contributed by atoms with Gasteiger partial charge in [-0.2, -0.15) is 0 Å². The molecule has 198 valence electrons. The van der Waals surface area contributed by atoms with Gasteiger partial charge in [-0.25, -0.2) is 8.78 Å². The van der Waals surface area contributed by atoms with Gasteiger partial charge >= 0.3 is 0 Å². The van der Waals surface area contributed by atoms with Crippen molar-refractivity contribution in [1.29, 1.82) is 0 Å². The number of Topliss-reactive ketones (excluding diaryl/α,β-unsaturated/α-hetero) is 1. The topological polar surface area (TPSA) is 58.5 Å². The van der Waals surface area contributed by atoms with Crippen molar-refractivity contribution in [3.05, 3.63) is 65.9 Å². The van der Waals surface area contributed by atoms with Gasteiger partial charge in [0.15, 0.2) is 5.78 Å². The molecule has 1 fully saturated rings. The van der Waals surface area contributed by atoms with Crippen molar-refractivity contribution >= 4 is 44.5 Å². The third-order valence-corrected chi connectivity index (χ3v) is 7.90. The van der Waals surface area contributed by atoms with Gasteiger partial charge in [-0.3, -0.25) is 14.6 Å². The minimum absolute atomic E-state index is 0.0522. The zero-order valence-corrected chi connectivity index (χ0v) is 22.4. The summed E-state index contributed by atoms with van der Waals surface area (Å²) in [4.78, 5) is 29.5. The fourth-order valence-corrected chi connectivity index (χ4v) is 5.58. The first kappa shape index (κ1) is 26.2. The molecule has 0 saturated heterocycles. The molecule has 1 amide bonds. The molecule has 0 bridgehead atoms. The van der Waals surface area contributed by atoms with E-state index in [0.717, 1.165) is 38.4 Å². The van der Waals surface area contributed by atoms with Crippen LogP contribution in [0.4, 0.5) is 8.78 Å². The third-order valence-electron chi connectivity index (χ3n) is 7.90. The second-order valence-electron chi connectivity index (χ2n) is 11.9. The Hall–Kier alpha value is -3.41. The second kappa shape index (κ2) is 9.72. The highest BCUT2D eigenvalue weighted by Crippen LogP contribution is 2.37. The smallest absolute Gasteiger partial charge is 0.248 e. The maximum Gasteiger partial charge on any atom is 0.248 e. The molecule has 1 atom stereocenters. The lowest BCUT2D eigenvalue weighted by Crippen LogP contribution is -2.51. The number of allylic oxidation sites excluding steroid dienone is 1. The first-order chi connectivity index (χ1) is 17.9. The molecule has 1 heterocycles. The fraction of sp³-hybridized carbons (Fsp3) is 0.406. The molecule has 1 N–H and O–H groups in total. The summed E-state index contributed by atoms with van der Waals surface area (Å²) in [5, 5.41) is 7.47. The van der Waals surface area contributed by atoms with Crippen molar-refractivity contribution in [1.82, 2.24) is 5.32 Å². The van der Waals surface area contributed by atoms with Crippen molar-refractivity contribution < 1.29 is 18.4 Å². The van der Waals surface area contributed by atoms with Crippen LogP contribution in [0, 0.1) is 11.3 Å². The number of carbonyl (C=O) groups is 2. The number of fused-ring (bicyclic) bond motifs is 2. The van der Waals surface area contributed by atoms with Crippen molar-refractivity contribution in [2.45, 2.75) is 71.8 Å². The van der Waals surface area contributed by atoms with Crippen LogP contribution in [0.2, 0.25) is 0 Å². The van der Waals surface area contributed by atoms with Crippen LogP contribution >= 0.6 is 0 Å². The Morgan fingerprint density at radius 1 is 0.947 bits per heavy atom. The van der Waals surface area contributed by atoms with Crippen LogP contribution in [0.3, 0.4) is 0 Å². The average molecular weight is 517 g/mol. The predicted octanol–water partition coefficient (Wildman–Crippen LogP) is 7.74. The number of benzene rings is 3. The standard InChI is InChI=1S/C32H34F2N2O2/c1-19(37)21-5-6-22-15-26-16-24(8-7-23(26)14-25(22)13-21)27-17-28(35-18-27)29(31(2,3)4)36-30(38)20-9-11-32(33,34)12-10-20/h5-8,13-16,18,20,29H,9-12,17H2,1-4H3,(H,36,38)/t29-/m1/s1. The largest absolute Gasteiger partial charge is 0.347 e. The molecule has 38 heavy (non-hydrogen) atoms. The molecule has 1 saturated carbocycles. The van der Waals surface area contributed by atoms with Crippen molar-refractivity contribution in [3.8, 4) is 0 Å². The van der Waals surface area contributed by atoms with E-state index in [1.54, 1.807) is 6.92 Å². The molecular formula is C32H34F2N2O2. The average Bonchev–Trinajstić information content (AvgIpc) is 3.34. The van der Waals surface area contributed by atoms with Gasteiger partial charge in [0.2, 0.25) is 11.8 Å². The number of halogens is 2. The van der Waals surface area contributed by atoms with Crippen molar-refractivity contribution in [2.24, 2.45) is 16.3 Å². The van der Waals surface area contributed by atoms with Crippen LogP contribution in [0.5, 0.6) is 0 Å². The van der Waals surface area contributed by atoms with E-state index in [1.807, 2.05) is 24.4 Å². The Morgan fingerprint density at radius 3 is 2.21 bits per heavy atom. The molecule has 0 spiro atoms. The van der Waals surface area contributed by atoms with E-state index in [-0.39, 0.29) is 54.7 Å². The summed E-state index contributed by atoms with van der Waals surface area (Å²) in [6, 6.07) is 16.1. The number of alkyl halides is 2.